The standard InChI is InChI=1S/C14H21ClN4/c1-4-10-12-13(18(3)17-10)19(11(9-15)16-12)14(5-2)7-6-8-14/h4-9H2,1-3H3. The number of aryl methyl sites for hydroxylation is 2. The Kier molecular flexibility index (Phi) is 3.08. The Morgan fingerprint density at radius 1 is 1.32 bits per heavy atom. The summed E-state index contributed by atoms with van der Waals surface area (Å²) in [7, 11) is 2.01. The van der Waals surface area contributed by atoms with E-state index in [1.807, 2.05) is 11.7 Å². The summed E-state index contributed by atoms with van der Waals surface area (Å²) in [6, 6.07) is 0. The monoisotopic (exact) mass is 280 g/mol. The van der Waals surface area contributed by atoms with E-state index in [1.165, 1.54) is 19.3 Å². The Hall–Kier alpha value is -1.03. The first kappa shape index (κ1) is 13.0. The molecule has 1 aliphatic rings. The van der Waals surface area contributed by atoms with E-state index in [1.54, 1.807) is 0 Å². The number of hydrogen-bond acceptors (Lipinski definition) is 2. The highest BCUT2D eigenvalue weighted by atomic mass is 35.5. The third-order valence-corrected chi connectivity index (χ3v) is 4.88. The first-order valence-electron chi connectivity index (χ1n) is 7.16. The van der Waals surface area contributed by atoms with Crippen molar-refractivity contribution in [3.05, 3.63) is 11.5 Å². The van der Waals surface area contributed by atoms with Gasteiger partial charge in [-0.3, -0.25) is 4.68 Å². The molecular weight excluding hydrogens is 260 g/mol. The molecule has 3 rings (SSSR count). The third kappa shape index (κ3) is 1.65. The maximum absolute atomic E-state index is 6.14. The van der Waals surface area contributed by atoms with Crippen LogP contribution < -0.4 is 0 Å². The van der Waals surface area contributed by atoms with Gasteiger partial charge in [0, 0.05) is 12.6 Å². The summed E-state index contributed by atoms with van der Waals surface area (Å²) in [6.07, 6.45) is 5.80. The fourth-order valence-corrected chi connectivity index (χ4v) is 3.55. The van der Waals surface area contributed by atoms with E-state index >= 15 is 0 Å². The number of hydrogen-bond donors (Lipinski definition) is 0. The SMILES string of the molecule is CCc1nn(C)c2c1nc(CCl)n2C1(CC)CCC1. The zero-order valence-corrected chi connectivity index (χ0v) is 12.7. The van der Waals surface area contributed by atoms with Crippen molar-refractivity contribution in [2.75, 3.05) is 0 Å². The number of fused-ring (bicyclic) bond motifs is 1. The first-order chi connectivity index (χ1) is 9.16. The predicted octanol–water partition coefficient (Wildman–Crippen LogP) is 3.36. The highest BCUT2D eigenvalue weighted by Crippen LogP contribution is 2.45. The van der Waals surface area contributed by atoms with Gasteiger partial charge in [-0.25, -0.2) is 4.98 Å². The summed E-state index contributed by atoms with van der Waals surface area (Å²) in [5.41, 5.74) is 3.49. The number of halogens is 1. The average molecular weight is 281 g/mol. The minimum atomic E-state index is 0.220. The second kappa shape index (κ2) is 4.51. The highest BCUT2D eigenvalue weighted by Gasteiger charge is 2.40. The van der Waals surface area contributed by atoms with Gasteiger partial charge < -0.3 is 4.57 Å². The van der Waals surface area contributed by atoms with Crippen molar-refractivity contribution in [2.24, 2.45) is 7.05 Å². The molecule has 0 spiro atoms. The van der Waals surface area contributed by atoms with Crippen molar-refractivity contribution in [1.29, 1.82) is 0 Å². The Balaban J connectivity index is 2.29. The van der Waals surface area contributed by atoms with E-state index in [-0.39, 0.29) is 5.54 Å². The van der Waals surface area contributed by atoms with Crippen LogP contribution in [0.3, 0.4) is 0 Å². The van der Waals surface area contributed by atoms with Crippen molar-refractivity contribution in [3.8, 4) is 0 Å². The van der Waals surface area contributed by atoms with Crippen LogP contribution in [0.25, 0.3) is 11.2 Å². The minimum absolute atomic E-state index is 0.220. The van der Waals surface area contributed by atoms with E-state index in [0.29, 0.717) is 5.88 Å². The van der Waals surface area contributed by atoms with E-state index in [4.69, 9.17) is 16.6 Å². The highest BCUT2D eigenvalue weighted by molar-refractivity contribution is 6.16. The zero-order valence-electron chi connectivity index (χ0n) is 11.9. The summed E-state index contributed by atoms with van der Waals surface area (Å²) in [5, 5.41) is 4.60. The molecule has 1 saturated carbocycles. The lowest BCUT2D eigenvalue weighted by molar-refractivity contribution is 0.136. The topological polar surface area (TPSA) is 35.6 Å². The van der Waals surface area contributed by atoms with Crippen molar-refractivity contribution < 1.29 is 0 Å². The van der Waals surface area contributed by atoms with Crippen LogP contribution in [-0.2, 0) is 24.9 Å². The van der Waals surface area contributed by atoms with E-state index < -0.39 is 0 Å². The molecule has 1 aliphatic carbocycles. The molecule has 0 radical (unpaired) electrons. The molecule has 0 N–H and O–H groups in total. The molecule has 2 aromatic heterocycles. The van der Waals surface area contributed by atoms with Gasteiger partial charge in [0.25, 0.3) is 0 Å². The van der Waals surface area contributed by atoms with Crippen molar-refractivity contribution in [2.45, 2.75) is 57.4 Å². The van der Waals surface area contributed by atoms with Crippen LogP contribution in [0.4, 0.5) is 0 Å². The number of aromatic nitrogens is 4. The van der Waals surface area contributed by atoms with Gasteiger partial charge in [-0.1, -0.05) is 13.8 Å². The molecule has 104 valence electrons. The molecule has 0 aromatic carbocycles. The van der Waals surface area contributed by atoms with Crippen molar-refractivity contribution in [3.63, 3.8) is 0 Å². The number of nitrogens with zero attached hydrogens (tertiary/aromatic N) is 4. The number of imidazole rings is 1. The maximum Gasteiger partial charge on any atom is 0.159 e. The quantitative estimate of drug-likeness (QED) is 0.805. The van der Waals surface area contributed by atoms with Gasteiger partial charge in [0.05, 0.1) is 11.6 Å². The lowest BCUT2D eigenvalue weighted by Gasteiger charge is -2.43. The fourth-order valence-electron chi connectivity index (χ4n) is 3.37. The molecule has 0 aliphatic heterocycles. The van der Waals surface area contributed by atoms with Crippen LogP contribution >= 0.6 is 11.6 Å². The summed E-state index contributed by atoms with van der Waals surface area (Å²) in [4.78, 5) is 4.77. The lowest BCUT2D eigenvalue weighted by atomic mass is 9.74. The summed E-state index contributed by atoms with van der Waals surface area (Å²) in [6.45, 7) is 4.39. The van der Waals surface area contributed by atoms with Crippen LogP contribution in [0.1, 0.15) is 51.0 Å². The number of alkyl halides is 1. The van der Waals surface area contributed by atoms with Crippen molar-refractivity contribution >= 4 is 22.8 Å². The van der Waals surface area contributed by atoms with Crippen LogP contribution in [0, 0.1) is 0 Å². The number of rotatable bonds is 4. The van der Waals surface area contributed by atoms with Gasteiger partial charge in [0.15, 0.2) is 5.65 Å². The largest absolute Gasteiger partial charge is 0.306 e. The molecular formula is C14H21ClN4. The molecule has 4 nitrogen and oxygen atoms in total. The molecule has 1 fully saturated rings. The van der Waals surface area contributed by atoms with Crippen LogP contribution in [-0.4, -0.2) is 19.3 Å². The van der Waals surface area contributed by atoms with Crippen LogP contribution in [0.2, 0.25) is 0 Å². The fraction of sp³-hybridized carbons (Fsp3) is 0.714. The van der Waals surface area contributed by atoms with Gasteiger partial charge in [-0.2, -0.15) is 5.10 Å². The Bertz CT molecular complexity index is 601. The van der Waals surface area contributed by atoms with Gasteiger partial charge in [0.2, 0.25) is 0 Å². The predicted molar refractivity (Wildman–Crippen MR) is 77.6 cm³/mol. The molecule has 0 saturated heterocycles. The Morgan fingerprint density at radius 2 is 2.05 bits per heavy atom. The Morgan fingerprint density at radius 3 is 2.53 bits per heavy atom. The molecule has 2 aromatic rings. The smallest absolute Gasteiger partial charge is 0.159 e. The van der Waals surface area contributed by atoms with Gasteiger partial charge >= 0.3 is 0 Å². The maximum atomic E-state index is 6.14. The Labute approximate surface area is 118 Å². The van der Waals surface area contributed by atoms with Crippen molar-refractivity contribution in [1.82, 2.24) is 19.3 Å². The molecule has 0 amide bonds. The molecule has 0 bridgehead atoms. The average Bonchev–Trinajstić information content (AvgIpc) is 2.88. The van der Waals surface area contributed by atoms with Gasteiger partial charge in [-0.15, -0.1) is 11.6 Å². The lowest BCUT2D eigenvalue weighted by Crippen LogP contribution is -2.41. The van der Waals surface area contributed by atoms with E-state index in [9.17, 15) is 0 Å². The summed E-state index contributed by atoms with van der Waals surface area (Å²) < 4.78 is 4.36. The van der Waals surface area contributed by atoms with Crippen LogP contribution in [0.15, 0.2) is 0 Å². The van der Waals surface area contributed by atoms with Crippen LogP contribution in [0.5, 0.6) is 0 Å². The summed E-state index contributed by atoms with van der Waals surface area (Å²) >= 11 is 6.14. The van der Waals surface area contributed by atoms with E-state index in [0.717, 1.165) is 35.5 Å². The molecule has 19 heavy (non-hydrogen) atoms. The zero-order chi connectivity index (χ0) is 13.6. The first-order valence-corrected chi connectivity index (χ1v) is 7.70. The van der Waals surface area contributed by atoms with Gasteiger partial charge in [-0.05, 0) is 32.1 Å². The minimum Gasteiger partial charge on any atom is -0.306 e. The molecule has 0 atom stereocenters. The molecule has 5 heteroatoms. The molecule has 2 heterocycles. The van der Waals surface area contributed by atoms with E-state index in [2.05, 4.69) is 23.5 Å². The molecule has 0 unspecified atom stereocenters. The second-order valence-corrected chi connectivity index (χ2v) is 5.79. The van der Waals surface area contributed by atoms with Gasteiger partial charge in [0.1, 0.15) is 11.3 Å². The third-order valence-electron chi connectivity index (χ3n) is 4.64. The second-order valence-electron chi connectivity index (χ2n) is 5.52. The summed E-state index contributed by atoms with van der Waals surface area (Å²) in [5.74, 6) is 1.47. The normalized spacial score (nSPS) is 17.9.